The van der Waals surface area contributed by atoms with E-state index < -0.39 is 18.0 Å². The van der Waals surface area contributed by atoms with E-state index in [1.807, 2.05) is 6.92 Å². The van der Waals surface area contributed by atoms with E-state index in [1.165, 1.54) is 0 Å². The Kier molecular flexibility index (Phi) is 7.75. The first-order valence-electron chi connectivity index (χ1n) is 5.71. The van der Waals surface area contributed by atoms with Crippen molar-refractivity contribution < 1.29 is 24.6 Å². The lowest BCUT2D eigenvalue weighted by Crippen LogP contribution is -2.41. The lowest BCUT2D eigenvalue weighted by Gasteiger charge is -2.13. The van der Waals surface area contributed by atoms with Crippen molar-refractivity contribution in [1.82, 2.24) is 5.32 Å². The fraction of sp³-hybridized carbons (Fsp3) is 0.727. The lowest BCUT2D eigenvalue weighted by molar-refractivity contribution is -0.143. The first kappa shape index (κ1) is 15.4. The average molecular weight is 245 g/mol. The van der Waals surface area contributed by atoms with E-state index in [0.29, 0.717) is 6.42 Å². The van der Waals surface area contributed by atoms with Crippen molar-refractivity contribution in [1.29, 1.82) is 0 Å². The molecule has 0 rings (SSSR count). The van der Waals surface area contributed by atoms with Gasteiger partial charge in [0.1, 0.15) is 6.04 Å². The van der Waals surface area contributed by atoms with Crippen LogP contribution in [0, 0.1) is 0 Å². The molecule has 1 unspecified atom stereocenters. The van der Waals surface area contributed by atoms with Crippen molar-refractivity contribution >= 4 is 17.8 Å². The highest BCUT2D eigenvalue weighted by Gasteiger charge is 2.20. The molecule has 1 amide bonds. The molecule has 0 bridgehead atoms. The molecular formula is C11H19NO5. The van der Waals surface area contributed by atoms with E-state index in [0.717, 1.165) is 12.8 Å². The number of hydrogen-bond donors (Lipinski definition) is 3. The monoisotopic (exact) mass is 245 g/mol. The Morgan fingerprint density at radius 1 is 1.12 bits per heavy atom. The number of unbranched alkanes of at least 4 members (excludes halogenated alkanes) is 2. The van der Waals surface area contributed by atoms with E-state index >= 15 is 0 Å². The second-order valence-corrected chi connectivity index (χ2v) is 3.85. The molecule has 0 aromatic rings. The van der Waals surface area contributed by atoms with E-state index in [9.17, 15) is 14.4 Å². The summed E-state index contributed by atoms with van der Waals surface area (Å²) in [5, 5.41) is 19.6. The highest BCUT2D eigenvalue weighted by atomic mass is 16.4. The van der Waals surface area contributed by atoms with E-state index in [1.54, 1.807) is 0 Å². The number of nitrogens with one attached hydrogen (secondary N) is 1. The SMILES string of the molecule is CCCCCC(=O)NC(CCC(=O)O)C(=O)O. The van der Waals surface area contributed by atoms with Gasteiger partial charge in [0.25, 0.3) is 0 Å². The quantitative estimate of drug-likeness (QED) is 0.526. The highest BCUT2D eigenvalue weighted by Crippen LogP contribution is 2.02. The molecule has 3 N–H and O–H groups in total. The molecule has 6 heteroatoms. The maximum Gasteiger partial charge on any atom is 0.326 e. The van der Waals surface area contributed by atoms with Crippen LogP contribution in [0.15, 0.2) is 0 Å². The minimum Gasteiger partial charge on any atom is -0.481 e. The third-order valence-corrected chi connectivity index (χ3v) is 2.29. The zero-order chi connectivity index (χ0) is 13.3. The van der Waals surface area contributed by atoms with E-state index in [4.69, 9.17) is 10.2 Å². The average Bonchev–Trinajstić information content (AvgIpc) is 2.23. The van der Waals surface area contributed by atoms with Gasteiger partial charge in [0.15, 0.2) is 0 Å². The van der Waals surface area contributed by atoms with Crippen LogP contribution in [-0.4, -0.2) is 34.1 Å². The number of rotatable bonds is 9. The Labute approximate surface area is 100 Å². The number of aliphatic carboxylic acids is 2. The number of carbonyl (C=O) groups excluding carboxylic acids is 1. The summed E-state index contributed by atoms with van der Waals surface area (Å²) in [4.78, 5) is 32.4. The first-order valence-corrected chi connectivity index (χ1v) is 5.71. The molecule has 1 atom stereocenters. The normalized spacial score (nSPS) is 11.8. The van der Waals surface area contributed by atoms with Crippen LogP contribution in [0.25, 0.3) is 0 Å². The summed E-state index contributed by atoms with van der Waals surface area (Å²) in [6.45, 7) is 2.00. The van der Waals surface area contributed by atoms with Gasteiger partial charge in [-0.2, -0.15) is 0 Å². The number of hydrogen-bond acceptors (Lipinski definition) is 3. The van der Waals surface area contributed by atoms with Crippen LogP contribution in [0.5, 0.6) is 0 Å². The predicted molar refractivity (Wildman–Crippen MR) is 60.6 cm³/mol. The second-order valence-electron chi connectivity index (χ2n) is 3.85. The molecule has 0 saturated carbocycles. The van der Waals surface area contributed by atoms with Gasteiger partial charge in [0.05, 0.1) is 0 Å². The van der Waals surface area contributed by atoms with E-state index in [2.05, 4.69) is 5.32 Å². The molecule has 17 heavy (non-hydrogen) atoms. The summed E-state index contributed by atoms with van der Waals surface area (Å²) in [5.41, 5.74) is 0. The van der Waals surface area contributed by atoms with Gasteiger partial charge in [-0.25, -0.2) is 4.79 Å². The molecule has 0 fully saturated rings. The Hall–Kier alpha value is -1.59. The molecule has 0 aliphatic rings. The second kappa shape index (κ2) is 8.55. The van der Waals surface area contributed by atoms with Crippen LogP contribution in [0.3, 0.4) is 0 Å². The first-order chi connectivity index (χ1) is 7.97. The topological polar surface area (TPSA) is 104 Å². The lowest BCUT2D eigenvalue weighted by atomic mass is 10.1. The van der Waals surface area contributed by atoms with Crippen molar-refractivity contribution in [2.45, 2.75) is 51.5 Å². The van der Waals surface area contributed by atoms with Crippen LogP contribution < -0.4 is 5.32 Å². The molecule has 0 heterocycles. The smallest absolute Gasteiger partial charge is 0.326 e. The van der Waals surface area contributed by atoms with Crippen molar-refractivity contribution in [3.05, 3.63) is 0 Å². The van der Waals surface area contributed by atoms with Crippen LogP contribution >= 0.6 is 0 Å². The van der Waals surface area contributed by atoms with Crippen molar-refractivity contribution in [2.75, 3.05) is 0 Å². The summed E-state index contributed by atoms with van der Waals surface area (Å²) < 4.78 is 0. The maximum absolute atomic E-state index is 11.4. The third-order valence-electron chi connectivity index (χ3n) is 2.29. The minimum absolute atomic E-state index is 0.0931. The van der Waals surface area contributed by atoms with Gasteiger partial charge >= 0.3 is 11.9 Å². The van der Waals surface area contributed by atoms with Gasteiger partial charge in [-0.3, -0.25) is 9.59 Å². The Morgan fingerprint density at radius 2 is 1.76 bits per heavy atom. The molecule has 0 saturated heterocycles. The maximum atomic E-state index is 11.4. The molecule has 0 aliphatic heterocycles. The predicted octanol–water partition coefficient (Wildman–Crippen LogP) is 1.00. The van der Waals surface area contributed by atoms with Gasteiger partial charge in [-0.05, 0) is 12.8 Å². The Morgan fingerprint density at radius 3 is 2.24 bits per heavy atom. The van der Waals surface area contributed by atoms with Gasteiger partial charge in [0.2, 0.25) is 5.91 Å². The Bertz CT molecular complexity index is 277. The van der Waals surface area contributed by atoms with Gasteiger partial charge in [0, 0.05) is 12.8 Å². The summed E-state index contributed by atoms with van der Waals surface area (Å²) in [5.74, 6) is -2.61. The van der Waals surface area contributed by atoms with Gasteiger partial charge < -0.3 is 15.5 Å². The minimum atomic E-state index is -1.20. The fourth-order valence-electron chi connectivity index (χ4n) is 1.33. The Balaban J connectivity index is 4.02. The molecule has 0 spiro atoms. The van der Waals surface area contributed by atoms with Crippen molar-refractivity contribution in [2.24, 2.45) is 0 Å². The van der Waals surface area contributed by atoms with Crippen LogP contribution in [0.4, 0.5) is 0 Å². The van der Waals surface area contributed by atoms with Crippen molar-refractivity contribution in [3.8, 4) is 0 Å². The molecule has 0 aliphatic carbocycles. The van der Waals surface area contributed by atoms with Gasteiger partial charge in [-0.1, -0.05) is 19.8 Å². The standard InChI is InChI=1S/C11H19NO5/c1-2-3-4-5-9(13)12-8(11(16)17)6-7-10(14)15/h8H,2-7H2,1H3,(H,12,13)(H,14,15)(H,16,17). The molecule has 0 radical (unpaired) electrons. The molecule has 6 nitrogen and oxygen atoms in total. The van der Waals surface area contributed by atoms with Gasteiger partial charge in [-0.15, -0.1) is 0 Å². The summed E-state index contributed by atoms with van der Waals surface area (Å²) in [6.07, 6.45) is 2.53. The number of amides is 1. The molecule has 0 aromatic heterocycles. The largest absolute Gasteiger partial charge is 0.481 e. The van der Waals surface area contributed by atoms with Crippen LogP contribution in [0.1, 0.15) is 45.4 Å². The summed E-state index contributed by atoms with van der Waals surface area (Å²) >= 11 is 0. The summed E-state index contributed by atoms with van der Waals surface area (Å²) in [7, 11) is 0. The molecule has 98 valence electrons. The third kappa shape index (κ3) is 8.24. The van der Waals surface area contributed by atoms with Crippen LogP contribution in [0.2, 0.25) is 0 Å². The van der Waals surface area contributed by atoms with Crippen molar-refractivity contribution in [3.63, 3.8) is 0 Å². The zero-order valence-electron chi connectivity index (χ0n) is 9.94. The zero-order valence-corrected chi connectivity index (χ0v) is 9.94. The number of carboxylic acid groups (broad SMARTS) is 2. The molecule has 0 aromatic carbocycles. The highest BCUT2D eigenvalue weighted by molar-refractivity contribution is 5.83. The fourth-order valence-corrected chi connectivity index (χ4v) is 1.33. The number of carboxylic acids is 2. The summed E-state index contributed by atoms with van der Waals surface area (Å²) in [6, 6.07) is -1.11. The molecular weight excluding hydrogens is 226 g/mol. The van der Waals surface area contributed by atoms with E-state index in [-0.39, 0.29) is 25.2 Å². The van der Waals surface area contributed by atoms with Crippen LogP contribution in [-0.2, 0) is 14.4 Å². The number of carbonyl (C=O) groups is 3.